The van der Waals surface area contributed by atoms with Gasteiger partial charge in [-0.1, -0.05) is 12.1 Å². The van der Waals surface area contributed by atoms with E-state index < -0.39 is 6.29 Å². The summed E-state index contributed by atoms with van der Waals surface area (Å²) in [6.07, 6.45) is 0.391. The van der Waals surface area contributed by atoms with Gasteiger partial charge in [0.2, 0.25) is 6.29 Å². The van der Waals surface area contributed by atoms with Gasteiger partial charge in [0.25, 0.3) is 0 Å². The van der Waals surface area contributed by atoms with Gasteiger partial charge in [0.1, 0.15) is 17.6 Å². The first kappa shape index (κ1) is 20.8. The van der Waals surface area contributed by atoms with Gasteiger partial charge in [-0.2, -0.15) is 0 Å². The molecule has 0 fully saturated rings. The molecule has 2 N–H and O–H groups in total. The number of benzene rings is 2. The third kappa shape index (κ3) is 3.95. The molecule has 0 radical (unpaired) electrons. The van der Waals surface area contributed by atoms with E-state index in [4.69, 9.17) is 14.3 Å². The highest BCUT2D eigenvalue weighted by molar-refractivity contribution is 6.00. The lowest BCUT2D eigenvalue weighted by molar-refractivity contribution is -0.0251. The molecule has 1 atom stereocenters. The van der Waals surface area contributed by atoms with Gasteiger partial charge >= 0.3 is 0 Å². The molecule has 0 aliphatic carbocycles. The summed E-state index contributed by atoms with van der Waals surface area (Å²) in [5.41, 5.74) is 5.37. The van der Waals surface area contributed by atoms with Crippen molar-refractivity contribution in [2.45, 2.75) is 47.0 Å². The first-order chi connectivity index (χ1) is 13.7. The van der Waals surface area contributed by atoms with Crippen LogP contribution < -0.4 is 10.2 Å². The first-order valence-corrected chi connectivity index (χ1v) is 9.34. The van der Waals surface area contributed by atoms with Crippen LogP contribution >= 0.6 is 0 Å². The summed E-state index contributed by atoms with van der Waals surface area (Å²) in [6.45, 7) is 7.43. The summed E-state index contributed by atoms with van der Waals surface area (Å²) in [7, 11) is 0. The highest BCUT2D eigenvalue weighted by Gasteiger charge is 2.26. The molecule has 1 aliphatic rings. The lowest BCUT2D eigenvalue weighted by atomic mass is 9.98. The molecule has 6 nitrogen and oxygen atoms in total. The number of aliphatic hydroxyl groups excluding tert-OH is 2. The predicted octanol–water partition coefficient (Wildman–Crippen LogP) is 3.49. The van der Waals surface area contributed by atoms with Crippen LogP contribution in [0.5, 0.6) is 5.75 Å². The van der Waals surface area contributed by atoms with Gasteiger partial charge < -0.3 is 19.4 Å². The molecule has 1 aliphatic heterocycles. The third-order valence-electron chi connectivity index (χ3n) is 5.29. The van der Waals surface area contributed by atoms with E-state index in [1.807, 2.05) is 39.8 Å². The van der Waals surface area contributed by atoms with Gasteiger partial charge in [-0.15, -0.1) is 0 Å². The van der Waals surface area contributed by atoms with Crippen LogP contribution in [0.4, 0.5) is 0 Å². The largest absolute Gasteiger partial charge is 0.464 e. The first-order valence-electron chi connectivity index (χ1n) is 9.34. The zero-order chi connectivity index (χ0) is 21.3. The van der Waals surface area contributed by atoms with Gasteiger partial charge in [-0.05, 0) is 62.1 Å². The van der Waals surface area contributed by atoms with Crippen molar-refractivity contribution in [1.29, 1.82) is 0 Å². The van der Waals surface area contributed by atoms with Crippen LogP contribution in [0.2, 0.25) is 0 Å². The Labute approximate surface area is 168 Å². The standard InChI is InChI=1S/C12H12O3.C11H12O3/c1-7-3-4-10-11(14)9(5-13)6-15-12(10)8(7)2;1-6-3-4-8-9(12)5-10(13)14-11(8)7(6)2/h3-4,6,13H,5H2,1-2H3;3-4,10,13H,5H2,1-2H3. The fourth-order valence-corrected chi connectivity index (χ4v) is 3.19. The molecule has 3 aromatic rings. The molecular weight excluding hydrogens is 372 g/mol. The summed E-state index contributed by atoms with van der Waals surface area (Å²) in [5.74, 6) is 0.482. The maximum Gasteiger partial charge on any atom is 0.204 e. The lowest BCUT2D eigenvalue weighted by Crippen LogP contribution is -2.27. The minimum absolute atomic E-state index is 0.0511. The molecule has 0 saturated heterocycles. The fourth-order valence-electron chi connectivity index (χ4n) is 3.19. The molecule has 0 saturated carbocycles. The number of rotatable bonds is 1. The Balaban J connectivity index is 0.000000166. The monoisotopic (exact) mass is 396 g/mol. The van der Waals surface area contributed by atoms with E-state index in [1.165, 1.54) is 6.26 Å². The Morgan fingerprint density at radius 2 is 1.66 bits per heavy atom. The molecule has 4 rings (SSSR count). The number of hydrogen-bond acceptors (Lipinski definition) is 6. The predicted molar refractivity (Wildman–Crippen MR) is 109 cm³/mol. The molecular formula is C23H24O6. The highest BCUT2D eigenvalue weighted by Crippen LogP contribution is 2.32. The molecule has 0 amide bonds. The molecule has 6 heteroatoms. The molecule has 0 spiro atoms. The minimum Gasteiger partial charge on any atom is -0.464 e. The SMILES string of the molecule is Cc1ccc2c(=O)c(CO)coc2c1C.Cc1ccc2c(c1C)OC(O)CC2=O. The van der Waals surface area contributed by atoms with Crippen LogP contribution in [0.1, 0.15) is 44.6 Å². The molecule has 0 bridgehead atoms. The second-order valence-corrected chi connectivity index (χ2v) is 7.22. The molecule has 2 aromatic carbocycles. The van der Waals surface area contributed by atoms with Crippen LogP contribution in [0, 0.1) is 27.7 Å². The molecule has 1 aromatic heterocycles. The fraction of sp³-hybridized carbons (Fsp3) is 0.304. The molecule has 29 heavy (non-hydrogen) atoms. The average Bonchev–Trinajstić information content (AvgIpc) is 2.69. The van der Waals surface area contributed by atoms with Crippen molar-refractivity contribution >= 4 is 16.8 Å². The summed E-state index contributed by atoms with van der Waals surface area (Å²) in [5, 5.41) is 18.8. The van der Waals surface area contributed by atoms with Gasteiger partial charge in [0.15, 0.2) is 11.2 Å². The topological polar surface area (TPSA) is 97.0 Å². The number of fused-ring (bicyclic) bond motifs is 2. The van der Waals surface area contributed by atoms with Gasteiger partial charge in [-0.3, -0.25) is 9.59 Å². The van der Waals surface area contributed by atoms with E-state index in [9.17, 15) is 14.7 Å². The number of Topliss-reactive ketones (excluding diaryl/α,β-unsaturated/α-hetero) is 1. The molecule has 2 heterocycles. The van der Waals surface area contributed by atoms with Gasteiger partial charge in [0, 0.05) is 0 Å². The van der Waals surface area contributed by atoms with E-state index in [-0.39, 0.29) is 24.2 Å². The molecule has 1 unspecified atom stereocenters. The minimum atomic E-state index is -0.990. The highest BCUT2D eigenvalue weighted by atomic mass is 16.6. The Bertz CT molecular complexity index is 1140. The van der Waals surface area contributed by atoms with E-state index in [0.29, 0.717) is 27.8 Å². The molecule has 152 valence electrons. The second-order valence-electron chi connectivity index (χ2n) is 7.22. The van der Waals surface area contributed by atoms with E-state index in [0.717, 1.165) is 22.3 Å². The van der Waals surface area contributed by atoms with E-state index in [2.05, 4.69) is 0 Å². The van der Waals surface area contributed by atoms with Crippen LogP contribution in [-0.2, 0) is 6.61 Å². The number of hydrogen-bond donors (Lipinski definition) is 2. The number of aryl methyl sites for hydroxylation is 3. The number of aliphatic hydroxyl groups is 2. The zero-order valence-electron chi connectivity index (χ0n) is 16.9. The van der Waals surface area contributed by atoms with Crippen molar-refractivity contribution in [3.05, 3.63) is 74.1 Å². The summed E-state index contributed by atoms with van der Waals surface area (Å²) in [6, 6.07) is 7.28. The van der Waals surface area contributed by atoms with Crippen molar-refractivity contribution in [3.63, 3.8) is 0 Å². The van der Waals surface area contributed by atoms with Gasteiger partial charge in [-0.25, -0.2) is 0 Å². The van der Waals surface area contributed by atoms with Crippen molar-refractivity contribution in [3.8, 4) is 5.75 Å². The van der Waals surface area contributed by atoms with E-state index in [1.54, 1.807) is 12.1 Å². The van der Waals surface area contributed by atoms with Crippen molar-refractivity contribution in [2.24, 2.45) is 0 Å². The average molecular weight is 396 g/mol. The Kier molecular flexibility index (Phi) is 5.86. The Morgan fingerprint density at radius 1 is 1.00 bits per heavy atom. The maximum absolute atomic E-state index is 11.8. The second kappa shape index (κ2) is 8.19. The number of ether oxygens (including phenoxy) is 1. The lowest BCUT2D eigenvalue weighted by Gasteiger charge is -2.23. The van der Waals surface area contributed by atoms with Crippen LogP contribution in [0.15, 0.2) is 39.7 Å². The van der Waals surface area contributed by atoms with Crippen molar-refractivity contribution in [1.82, 2.24) is 0 Å². The normalized spacial score (nSPS) is 15.4. The van der Waals surface area contributed by atoms with Crippen LogP contribution in [0.3, 0.4) is 0 Å². The van der Waals surface area contributed by atoms with Crippen LogP contribution in [-0.4, -0.2) is 22.3 Å². The summed E-state index contributed by atoms with van der Waals surface area (Å²) >= 11 is 0. The summed E-state index contributed by atoms with van der Waals surface area (Å²) < 4.78 is 10.6. The zero-order valence-corrected chi connectivity index (χ0v) is 16.9. The van der Waals surface area contributed by atoms with E-state index >= 15 is 0 Å². The van der Waals surface area contributed by atoms with Crippen LogP contribution in [0.25, 0.3) is 11.0 Å². The summed E-state index contributed by atoms with van der Waals surface area (Å²) in [4.78, 5) is 23.3. The number of carbonyl (C=O) groups excluding carboxylic acids is 1. The maximum atomic E-state index is 11.8. The smallest absolute Gasteiger partial charge is 0.204 e. The number of carbonyl (C=O) groups is 1. The number of ketones is 1. The Morgan fingerprint density at radius 3 is 2.34 bits per heavy atom. The third-order valence-corrected chi connectivity index (χ3v) is 5.29. The van der Waals surface area contributed by atoms with Crippen molar-refractivity contribution < 1.29 is 24.2 Å². The quantitative estimate of drug-likeness (QED) is 0.654. The Hall–Kier alpha value is -2.96. The van der Waals surface area contributed by atoms with Gasteiger partial charge in [0.05, 0.1) is 29.5 Å². The van der Waals surface area contributed by atoms with Crippen molar-refractivity contribution in [2.75, 3.05) is 0 Å².